The van der Waals surface area contributed by atoms with E-state index in [0.29, 0.717) is 0 Å². The summed E-state index contributed by atoms with van der Waals surface area (Å²) in [4.78, 5) is 10.6. The van der Waals surface area contributed by atoms with E-state index in [-0.39, 0.29) is 0 Å². The highest BCUT2D eigenvalue weighted by molar-refractivity contribution is 6.22. The monoisotopic (exact) mass is 691 g/mol. The van der Waals surface area contributed by atoms with Gasteiger partial charge in [-0.1, -0.05) is 140 Å². The molecule has 0 unspecified atom stereocenters. The lowest BCUT2D eigenvalue weighted by Gasteiger charge is -2.24. The van der Waals surface area contributed by atoms with E-state index in [1.54, 1.807) is 0 Å². The Balaban J connectivity index is 1.14. The van der Waals surface area contributed by atoms with Crippen LogP contribution in [0.15, 0.2) is 198 Å². The summed E-state index contributed by atoms with van der Waals surface area (Å²) in [7, 11) is 0. The van der Waals surface area contributed by atoms with E-state index in [2.05, 4.69) is 166 Å². The summed E-state index contributed by atoms with van der Waals surface area (Å²) in [6, 6.07) is 66.9. The Morgan fingerprint density at radius 2 is 0.926 bits per heavy atom. The highest BCUT2D eigenvalue weighted by Crippen LogP contribution is 2.41. The van der Waals surface area contributed by atoms with Crippen molar-refractivity contribution in [3.05, 3.63) is 199 Å². The first-order valence-electron chi connectivity index (χ1n) is 18.4. The molecule has 11 rings (SSSR count). The van der Waals surface area contributed by atoms with Crippen LogP contribution < -0.4 is 5.32 Å². The molecule has 0 amide bonds. The van der Waals surface area contributed by atoms with E-state index in [1.165, 1.54) is 54.5 Å². The zero-order chi connectivity index (χ0) is 35.6. The number of amidine groups is 2. The van der Waals surface area contributed by atoms with Crippen molar-refractivity contribution in [1.82, 2.24) is 14.5 Å². The lowest BCUT2D eigenvalue weighted by Crippen LogP contribution is -2.36. The van der Waals surface area contributed by atoms with Crippen LogP contribution >= 0.6 is 0 Å². The van der Waals surface area contributed by atoms with Crippen LogP contribution in [-0.2, 0) is 0 Å². The summed E-state index contributed by atoms with van der Waals surface area (Å²) in [6.45, 7) is 0. The highest BCUT2D eigenvalue weighted by Gasteiger charge is 2.25. The molecule has 0 aliphatic carbocycles. The third-order valence-electron chi connectivity index (χ3n) is 10.8. The summed E-state index contributed by atoms with van der Waals surface area (Å²) >= 11 is 0. The highest BCUT2D eigenvalue weighted by atomic mass is 15.3. The first kappa shape index (κ1) is 30.4. The van der Waals surface area contributed by atoms with Crippen molar-refractivity contribution in [3.63, 3.8) is 0 Å². The van der Waals surface area contributed by atoms with Gasteiger partial charge in [-0.3, -0.25) is 4.57 Å². The average molecular weight is 692 g/mol. The molecule has 1 aliphatic rings. The third kappa shape index (κ3) is 4.79. The van der Waals surface area contributed by atoms with Crippen LogP contribution in [0.1, 0.15) is 17.4 Å². The van der Waals surface area contributed by atoms with Crippen molar-refractivity contribution in [2.45, 2.75) is 6.29 Å². The standard InChI is InChI=1S/C49H33N5/c1-4-15-33(16-5-1)47-50-48(34-17-6-2-7-18-34)52-49(51-47)54-44-28-26-36(31-41(44)46-38-21-11-10-14-32(38)24-29-45(46)54)35-25-27-43-40(30-35)39-22-12-13-23-42(39)53(43)37-19-8-3-9-20-37/h1-31,49H,(H,50,51,52). The predicted molar refractivity (Wildman–Crippen MR) is 225 cm³/mol. The van der Waals surface area contributed by atoms with E-state index in [0.717, 1.165) is 39.5 Å². The molecule has 1 aliphatic heterocycles. The lowest BCUT2D eigenvalue weighted by atomic mass is 9.99. The van der Waals surface area contributed by atoms with Crippen LogP contribution in [0.25, 0.3) is 71.2 Å². The Morgan fingerprint density at radius 1 is 0.389 bits per heavy atom. The normalized spacial score (nSPS) is 13.5. The van der Waals surface area contributed by atoms with Gasteiger partial charge in [0.15, 0.2) is 0 Å². The molecule has 0 spiro atoms. The maximum atomic E-state index is 5.30. The number of fused-ring (bicyclic) bond motifs is 8. The zero-order valence-corrected chi connectivity index (χ0v) is 29.3. The minimum Gasteiger partial charge on any atom is -0.324 e. The quantitative estimate of drug-likeness (QED) is 0.192. The van der Waals surface area contributed by atoms with Gasteiger partial charge in [-0.25, -0.2) is 9.98 Å². The van der Waals surface area contributed by atoms with Gasteiger partial charge in [-0.05, 0) is 70.4 Å². The first-order valence-corrected chi connectivity index (χ1v) is 18.4. The van der Waals surface area contributed by atoms with E-state index in [4.69, 9.17) is 9.98 Å². The number of rotatable bonds is 5. The second-order valence-electron chi connectivity index (χ2n) is 13.9. The van der Waals surface area contributed by atoms with Gasteiger partial charge in [-0.2, -0.15) is 0 Å². The van der Waals surface area contributed by atoms with Gasteiger partial charge < -0.3 is 9.88 Å². The smallest absolute Gasteiger partial charge is 0.224 e. The Kier molecular flexibility index (Phi) is 6.85. The van der Waals surface area contributed by atoms with E-state index >= 15 is 0 Å². The van der Waals surface area contributed by atoms with Gasteiger partial charge >= 0.3 is 0 Å². The van der Waals surface area contributed by atoms with Crippen molar-refractivity contribution in [1.29, 1.82) is 0 Å². The van der Waals surface area contributed by atoms with Crippen molar-refractivity contribution in [3.8, 4) is 16.8 Å². The van der Waals surface area contributed by atoms with Crippen molar-refractivity contribution >= 4 is 66.1 Å². The Labute approximate surface area is 311 Å². The molecule has 0 saturated heterocycles. The Hall–Kier alpha value is -7.24. The molecule has 1 N–H and O–H groups in total. The Morgan fingerprint density at radius 3 is 1.63 bits per heavy atom. The van der Waals surface area contributed by atoms with Gasteiger partial charge in [0.25, 0.3) is 0 Å². The molecular formula is C49H33N5. The number of aromatic nitrogens is 2. The number of nitrogens with one attached hydrogen (secondary N) is 1. The summed E-state index contributed by atoms with van der Waals surface area (Å²) in [6.07, 6.45) is -0.524. The van der Waals surface area contributed by atoms with E-state index < -0.39 is 6.29 Å². The lowest BCUT2D eigenvalue weighted by molar-refractivity contribution is 0.575. The van der Waals surface area contributed by atoms with Gasteiger partial charge in [-0.15, -0.1) is 0 Å². The second-order valence-corrected chi connectivity index (χ2v) is 13.9. The summed E-state index contributed by atoms with van der Waals surface area (Å²) in [5.41, 5.74) is 10.1. The number of aliphatic imine (C=N–C) groups is 2. The molecule has 0 radical (unpaired) electrons. The molecule has 3 heterocycles. The van der Waals surface area contributed by atoms with Crippen molar-refractivity contribution < 1.29 is 0 Å². The van der Waals surface area contributed by atoms with Crippen LogP contribution in [0.5, 0.6) is 0 Å². The predicted octanol–water partition coefficient (Wildman–Crippen LogP) is 11.7. The maximum absolute atomic E-state index is 5.30. The fourth-order valence-corrected chi connectivity index (χ4v) is 8.29. The van der Waals surface area contributed by atoms with Gasteiger partial charge in [0.1, 0.15) is 11.7 Å². The fraction of sp³-hybridized carbons (Fsp3) is 0.0204. The third-order valence-corrected chi connectivity index (χ3v) is 10.8. The molecule has 8 aromatic carbocycles. The summed E-state index contributed by atoms with van der Waals surface area (Å²) < 4.78 is 4.68. The molecule has 10 aromatic rings. The van der Waals surface area contributed by atoms with Crippen LogP contribution in [0.2, 0.25) is 0 Å². The maximum Gasteiger partial charge on any atom is 0.224 e. The molecule has 5 nitrogen and oxygen atoms in total. The molecule has 0 fully saturated rings. The summed E-state index contributed by atoms with van der Waals surface area (Å²) in [5, 5.41) is 10.8. The summed E-state index contributed by atoms with van der Waals surface area (Å²) in [5.74, 6) is 1.59. The fourth-order valence-electron chi connectivity index (χ4n) is 8.29. The average Bonchev–Trinajstić information content (AvgIpc) is 3.77. The molecule has 0 saturated carbocycles. The van der Waals surface area contributed by atoms with Crippen LogP contribution in [-0.4, -0.2) is 20.8 Å². The molecular weight excluding hydrogens is 659 g/mol. The molecule has 54 heavy (non-hydrogen) atoms. The zero-order valence-electron chi connectivity index (χ0n) is 29.3. The molecule has 0 atom stereocenters. The number of hydrogen-bond donors (Lipinski definition) is 1. The van der Waals surface area contributed by atoms with E-state index in [9.17, 15) is 0 Å². The van der Waals surface area contributed by atoms with Crippen LogP contribution in [0.4, 0.5) is 0 Å². The van der Waals surface area contributed by atoms with Crippen LogP contribution in [0, 0.1) is 0 Å². The van der Waals surface area contributed by atoms with Gasteiger partial charge in [0, 0.05) is 38.4 Å². The second kappa shape index (κ2) is 12.2. The first-order chi connectivity index (χ1) is 26.8. The number of nitrogens with zero attached hydrogens (tertiary/aromatic N) is 4. The van der Waals surface area contributed by atoms with Crippen molar-refractivity contribution in [2.75, 3.05) is 0 Å². The topological polar surface area (TPSA) is 46.6 Å². The van der Waals surface area contributed by atoms with Gasteiger partial charge in [0.2, 0.25) is 6.29 Å². The molecule has 254 valence electrons. The van der Waals surface area contributed by atoms with Crippen LogP contribution in [0.3, 0.4) is 0 Å². The largest absolute Gasteiger partial charge is 0.324 e. The van der Waals surface area contributed by atoms with E-state index in [1.807, 2.05) is 36.4 Å². The number of para-hydroxylation sites is 2. The Bertz CT molecular complexity index is 3060. The SMILES string of the molecule is c1ccc(C2=NC(n3c4ccc(-c5ccc6c(c5)c5ccccc5n6-c5ccccc5)cc4c4c5ccccc5ccc43)N=C(c3ccccc3)N2)cc1. The molecule has 0 bridgehead atoms. The molecule has 5 heteroatoms. The minimum absolute atomic E-state index is 0.524. The van der Waals surface area contributed by atoms with Gasteiger partial charge in [0.05, 0.1) is 22.1 Å². The number of benzene rings is 8. The number of hydrogen-bond acceptors (Lipinski definition) is 3. The molecule has 2 aromatic heterocycles. The minimum atomic E-state index is -0.524. The van der Waals surface area contributed by atoms with Crippen molar-refractivity contribution in [2.24, 2.45) is 9.98 Å².